The Balaban J connectivity index is 1.08. The van der Waals surface area contributed by atoms with Crippen molar-refractivity contribution in [1.82, 2.24) is 19.2 Å². The van der Waals surface area contributed by atoms with Crippen molar-refractivity contribution in [3.05, 3.63) is 53.9 Å². The van der Waals surface area contributed by atoms with Gasteiger partial charge in [-0.3, -0.25) is 24.4 Å². The van der Waals surface area contributed by atoms with Crippen molar-refractivity contribution in [2.75, 3.05) is 44.2 Å². The molecule has 154 valence electrons. The second-order valence-corrected chi connectivity index (χ2v) is 8.45. The molecule has 0 spiro atoms. The lowest BCUT2D eigenvalue weighted by Crippen LogP contribution is -2.46. The molecule has 0 N–H and O–H groups in total. The molecule has 4 heterocycles. The quantitative estimate of drug-likeness (QED) is 0.450. The third kappa shape index (κ3) is 3.46. The number of unbranched alkanes of at least 4 members (excludes halogenated alkanes) is 1. The standard InChI is InChI=1S/C22H23N5O2S/c28-20-17-7-5-9-23-19(17)21(29)27(20)11-4-3-10-25-12-14-26(15-13-25)22-16-6-1-2-8-18(16)24-30-22/h1-2,5-9H,3-4,10-15H2. The molecule has 0 unspecified atom stereocenters. The third-order valence-corrected chi connectivity index (χ3v) is 6.80. The topological polar surface area (TPSA) is 69.6 Å². The van der Waals surface area contributed by atoms with E-state index in [9.17, 15) is 9.59 Å². The Morgan fingerprint density at radius 2 is 1.70 bits per heavy atom. The summed E-state index contributed by atoms with van der Waals surface area (Å²) in [5.74, 6) is -0.477. The highest BCUT2D eigenvalue weighted by atomic mass is 32.1. The van der Waals surface area contributed by atoms with Crippen LogP contribution in [-0.4, -0.2) is 70.2 Å². The first-order valence-electron chi connectivity index (χ1n) is 10.4. The first-order chi connectivity index (χ1) is 14.7. The molecular weight excluding hydrogens is 398 g/mol. The molecule has 5 rings (SSSR count). The molecule has 0 bridgehead atoms. The highest BCUT2D eigenvalue weighted by molar-refractivity contribution is 7.11. The van der Waals surface area contributed by atoms with Gasteiger partial charge in [0.1, 0.15) is 10.7 Å². The zero-order valence-corrected chi connectivity index (χ0v) is 17.5. The number of pyridine rings is 1. The number of carbonyl (C=O) groups is 2. The number of carbonyl (C=O) groups excluding carboxylic acids is 2. The molecule has 3 aromatic rings. The van der Waals surface area contributed by atoms with E-state index in [0.29, 0.717) is 12.1 Å². The van der Waals surface area contributed by atoms with Gasteiger partial charge in [-0.2, -0.15) is 4.37 Å². The number of imide groups is 1. The molecule has 1 saturated heterocycles. The largest absolute Gasteiger partial charge is 0.359 e. The van der Waals surface area contributed by atoms with E-state index >= 15 is 0 Å². The average molecular weight is 422 g/mol. The van der Waals surface area contributed by atoms with Crippen LogP contribution in [0.4, 0.5) is 5.00 Å². The number of amides is 2. The summed E-state index contributed by atoms with van der Waals surface area (Å²) in [5, 5.41) is 2.51. The molecule has 0 atom stereocenters. The second kappa shape index (κ2) is 8.12. The number of hydrogen-bond donors (Lipinski definition) is 0. The van der Waals surface area contributed by atoms with Crippen LogP contribution >= 0.6 is 11.5 Å². The van der Waals surface area contributed by atoms with Crippen LogP contribution in [0.2, 0.25) is 0 Å². The molecular formula is C22H23N5O2S. The fourth-order valence-electron chi connectivity index (χ4n) is 4.20. The first-order valence-corrected chi connectivity index (χ1v) is 11.1. The minimum Gasteiger partial charge on any atom is -0.359 e. The summed E-state index contributed by atoms with van der Waals surface area (Å²) in [6.07, 6.45) is 3.33. The van der Waals surface area contributed by atoms with Crippen molar-refractivity contribution in [3.63, 3.8) is 0 Å². The zero-order valence-electron chi connectivity index (χ0n) is 16.7. The van der Waals surface area contributed by atoms with Crippen LogP contribution in [0.5, 0.6) is 0 Å². The second-order valence-electron chi connectivity index (χ2n) is 7.70. The Kier molecular flexibility index (Phi) is 5.18. The number of rotatable bonds is 6. The van der Waals surface area contributed by atoms with Gasteiger partial charge in [0.15, 0.2) is 0 Å². The van der Waals surface area contributed by atoms with E-state index in [1.54, 1.807) is 29.9 Å². The Bertz CT molecular complexity index is 1050. The van der Waals surface area contributed by atoms with Gasteiger partial charge in [-0.15, -0.1) is 0 Å². The third-order valence-electron chi connectivity index (χ3n) is 5.86. The number of benzene rings is 1. The molecule has 0 saturated carbocycles. The van der Waals surface area contributed by atoms with Crippen LogP contribution in [0.15, 0.2) is 42.6 Å². The highest BCUT2D eigenvalue weighted by Gasteiger charge is 2.36. The van der Waals surface area contributed by atoms with Crippen LogP contribution in [0.1, 0.15) is 33.7 Å². The minimum absolute atomic E-state index is 0.214. The van der Waals surface area contributed by atoms with Crippen LogP contribution in [0.3, 0.4) is 0 Å². The van der Waals surface area contributed by atoms with Crippen molar-refractivity contribution < 1.29 is 9.59 Å². The van der Waals surface area contributed by atoms with Crippen molar-refractivity contribution >= 4 is 39.3 Å². The maximum absolute atomic E-state index is 12.4. The van der Waals surface area contributed by atoms with Gasteiger partial charge in [0.2, 0.25) is 0 Å². The molecule has 7 nitrogen and oxygen atoms in total. The summed E-state index contributed by atoms with van der Waals surface area (Å²) < 4.78 is 4.56. The maximum atomic E-state index is 12.4. The highest BCUT2D eigenvalue weighted by Crippen LogP contribution is 2.31. The smallest absolute Gasteiger partial charge is 0.280 e. The summed E-state index contributed by atoms with van der Waals surface area (Å²) in [6, 6.07) is 11.7. The van der Waals surface area contributed by atoms with Crippen molar-refractivity contribution in [1.29, 1.82) is 0 Å². The summed E-state index contributed by atoms with van der Waals surface area (Å²) in [4.78, 5) is 35.1. The van der Waals surface area contributed by atoms with E-state index in [0.717, 1.165) is 51.1 Å². The predicted octanol–water partition coefficient (Wildman–Crippen LogP) is 2.89. The predicted molar refractivity (Wildman–Crippen MR) is 117 cm³/mol. The lowest BCUT2D eigenvalue weighted by atomic mass is 10.2. The van der Waals surface area contributed by atoms with Crippen LogP contribution in [0.25, 0.3) is 10.9 Å². The van der Waals surface area contributed by atoms with Crippen LogP contribution in [0, 0.1) is 0 Å². The molecule has 2 aromatic heterocycles. The van der Waals surface area contributed by atoms with Crippen LogP contribution < -0.4 is 4.90 Å². The molecule has 2 aliphatic rings. The molecule has 0 aliphatic carbocycles. The van der Waals surface area contributed by atoms with Crippen molar-refractivity contribution in [2.24, 2.45) is 0 Å². The first kappa shape index (κ1) is 19.1. The number of hydrogen-bond acceptors (Lipinski definition) is 7. The Morgan fingerprint density at radius 3 is 2.53 bits per heavy atom. The molecule has 0 radical (unpaired) electrons. The van der Waals surface area contributed by atoms with Gasteiger partial charge in [-0.1, -0.05) is 12.1 Å². The van der Waals surface area contributed by atoms with Gasteiger partial charge < -0.3 is 4.90 Å². The van der Waals surface area contributed by atoms with Gasteiger partial charge in [0.25, 0.3) is 11.8 Å². The van der Waals surface area contributed by atoms with E-state index < -0.39 is 0 Å². The molecule has 1 fully saturated rings. The summed E-state index contributed by atoms with van der Waals surface area (Å²) in [5.41, 5.74) is 1.78. The van der Waals surface area contributed by atoms with Gasteiger partial charge in [-0.25, -0.2) is 0 Å². The van der Waals surface area contributed by atoms with Gasteiger partial charge >= 0.3 is 0 Å². The van der Waals surface area contributed by atoms with E-state index in [4.69, 9.17) is 0 Å². The van der Waals surface area contributed by atoms with Crippen molar-refractivity contribution in [3.8, 4) is 0 Å². The SMILES string of the molecule is O=C1c2cccnc2C(=O)N1CCCCN1CCN(c2snc3ccccc23)CC1. The molecule has 1 aromatic carbocycles. The normalized spacial score (nSPS) is 17.2. The van der Waals surface area contributed by atoms with Gasteiger partial charge in [0, 0.05) is 44.3 Å². The number of nitrogens with zero attached hydrogens (tertiary/aromatic N) is 5. The zero-order chi connectivity index (χ0) is 20.5. The van der Waals surface area contributed by atoms with E-state index in [1.807, 2.05) is 6.07 Å². The van der Waals surface area contributed by atoms with E-state index in [-0.39, 0.29) is 17.5 Å². The minimum atomic E-state index is -0.263. The number of piperazine rings is 1. The van der Waals surface area contributed by atoms with Gasteiger partial charge in [0.05, 0.1) is 11.1 Å². The summed E-state index contributed by atoms with van der Waals surface area (Å²) in [6.45, 7) is 5.47. The number of fused-ring (bicyclic) bond motifs is 2. The number of aromatic nitrogens is 2. The molecule has 2 aliphatic heterocycles. The molecule has 2 amide bonds. The Morgan fingerprint density at radius 1 is 0.900 bits per heavy atom. The lowest BCUT2D eigenvalue weighted by Gasteiger charge is -2.35. The Labute approximate surface area is 179 Å². The average Bonchev–Trinajstić information content (AvgIpc) is 3.32. The fourth-order valence-corrected chi connectivity index (χ4v) is 5.11. The van der Waals surface area contributed by atoms with E-state index in [2.05, 4.69) is 37.4 Å². The Hall–Kier alpha value is -2.84. The molecule has 8 heteroatoms. The van der Waals surface area contributed by atoms with Crippen LogP contribution in [-0.2, 0) is 0 Å². The number of anilines is 1. The lowest BCUT2D eigenvalue weighted by molar-refractivity contribution is 0.0648. The van der Waals surface area contributed by atoms with Gasteiger partial charge in [-0.05, 0) is 55.2 Å². The summed E-state index contributed by atoms with van der Waals surface area (Å²) >= 11 is 1.58. The van der Waals surface area contributed by atoms with E-state index in [1.165, 1.54) is 15.3 Å². The fraction of sp³-hybridized carbons (Fsp3) is 0.364. The maximum Gasteiger partial charge on any atom is 0.280 e. The van der Waals surface area contributed by atoms with Crippen molar-refractivity contribution in [2.45, 2.75) is 12.8 Å². The molecule has 30 heavy (non-hydrogen) atoms. The summed E-state index contributed by atoms with van der Waals surface area (Å²) in [7, 11) is 0. The monoisotopic (exact) mass is 421 g/mol.